The van der Waals surface area contributed by atoms with Crippen LogP contribution in [-0.4, -0.2) is 22.4 Å². The maximum absolute atomic E-state index is 11.6. The Morgan fingerprint density at radius 3 is 2.94 bits per heavy atom. The van der Waals surface area contributed by atoms with Crippen LogP contribution in [0.2, 0.25) is 5.15 Å². The van der Waals surface area contributed by atoms with Crippen molar-refractivity contribution in [2.45, 2.75) is 6.42 Å². The number of aromatic nitrogens is 2. The van der Waals surface area contributed by atoms with Gasteiger partial charge in [0, 0.05) is 24.9 Å². The van der Waals surface area contributed by atoms with E-state index in [0.717, 1.165) is 6.07 Å². The van der Waals surface area contributed by atoms with Crippen molar-refractivity contribution in [3.63, 3.8) is 0 Å². The topological polar surface area (TPSA) is 66.1 Å². The van der Waals surface area contributed by atoms with Crippen LogP contribution in [0.3, 0.4) is 0 Å². The molecule has 1 aromatic heterocycles. The molecule has 0 radical (unpaired) electrons. The smallest absolute Gasteiger partial charge is 0.253 e. The van der Waals surface area contributed by atoms with E-state index in [4.69, 9.17) is 18.0 Å². The van der Waals surface area contributed by atoms with Crippen LogP contribution < -0.4 is 10.5 Å². The lowest BCUT2D eigenvalue weighted by atomic mass is 10.1. The van der Waals surface area contributed by atoms with Crippen molar-refractivity contribution in [2.24, 2.45) is 5.92 Å². The molecule has 6 heteroatoms. The van der Waals surface area contributed by atoms with Crippen LogP contribution in [0.4, 0.5) is 5.95 Å². The number of carbonyl (C=O) groups is 1. The minimum Gasteiger partial charge on any atom is -0.292 e. The van der Waals surface area contributed by atoms with Crippen LogP contribution in [0.25, 0.3) is 0 Å². The van der Waals surface area contributed by atoms with Crippen molar-refractivity contribution in [2.75, 3.05) is 11.4 Å². The zero-order valence-corrected chi connectivity index (χ0v) is 8.99. The first-order valence-corrected chi connectivity index (χ1v) is 5.01. The highest BCUT2D eigenvalue weighted by Crippen LogP contribution is 2.21. The fourth-order valence-corrected chi connectivity index (χ4v) is 1.75. The van der Waals surface area contributed by atoms with E-state index in [2.05, 4.69) is 15.9 Å². The van der Waals surface area contributed by atoms with Crippen molar-refractivity contribution in [3.05, 3.63) is 21.6 Å². The monoisotopic (exact) mass is 237 g/mol. The van der Waals surface area contributed by atoms with E-state index in [1.807, 2.05) is 0 Å². The number of hydrogen-bond acceptors (Lipinski definition) is 3. The minimum absolute atomic E-state index is 0.0516. The van der Waals surface area contributed by atoms with E-state index in [1.165, 1.54) is 4.90 Å². The van der Waals surface area contributed by atoms with Gasteiger partial charge in [-0.2, -0.15) is 0 Å². The van der Waals surface area contributed by atoms with Gasteiger partial charge in [0.2, 0.25) is 11.9 Å². The Bertz CT molecular complexity index is 532. The molecule has 0 spiro atoms. The highest BCUT2D eigenvalue weighted by atomic mass is 35.5. The van der Waals surface area contributed by atoms with Crippen molar-refractivity contribution in [3.8, 4) is 12.3 Å². The van der Waals surface area contributed by atoms with Crippen molar-refractivity contribution >= 4 is 23.5 Å². The number of aromatic amines is 1. The average molecular weight is 238 g/mol. The molecule has 1 saturated heterocycles. The first kappa shape index (κ1) is 10.7. The van der Waals surface area contributed by atoms with Crippen LogP contribution in [0.15, 0.2) is 10.9 Å². The molecule has 0 aromatic carbocycles. The number of halogens is 1. The normalized spacial score (nSPS) is 19.9. The molecule has 0 aliphatic carbocycles. The maximum atomic E-state index is 11.6. The number of hydrogen-bond donors (Lipinski definition) is 1. The number of anilines is 1. The Morgan fingerprint density at radius 2 is 2.38 bits per heavy atom. The summed E-state index contributed by atoms with van der Waals surface area (Å²) >= 11 is 5.64. The highest BCUT2D eigenvalue weighted by Gasteiger charge is 2.30. The molecule has 1 aromatic rings. The lowest BCUT2D eigenvalue weighted by molar-refractivity contribution is -0.117. The summed E-state index contributed by atoms with van der Waals surface area (Å²) in [6.07, 6.45) is 5.52. The van der Waals surface area contributed by atoms with Gasteiger partial charge in [-0.15, -0.1) is 12.3 Å². The predicted octanol–water partition coefficient (Wildman–Crippen LogP) is 0.409. The first-order chi connectivity index (χ1) is 7.60. The Kier molecular flexibility index (Phi) is 2.67. The third-order valence-electron chi connectivity index (χ3n) is 2.31. The van der Waals surface area contributed by atoms with Crippen molar-refractivity contribution in [1.82, 2.24) is 9.97 Å². The Balaban J connectivity index is 2.35. The molecule has 1 aliphatic rings. The van der Waals surface area contributed by atoms with E-state index in [0.29, 0.717) is 6.54 Å². The van der Waals surface area contributed by atoms with Gasteiger partial charge in [-0.05, 0) is 0 Å². The summed E-state index contributed by atoms with van der Waals surface area (Å²) in [5.41, 5.74) is -0.396. The zero-order valence-electron chi connectivity index (χ0n) is 8.24. The third kappa shape index (κ3) is 1.92. The van der Waals surface area contributed by atoms with Crippen LogP contribution in [0, 0.1) is 18.3 Å². The molecular weight excluding hydrogens is 230 g/mol. The van der Waals surface area contributed by atoms with E-state index >= 15 is 0 Å². The molecular formula is C10H8ClN3O2. The number of nitrogens with one attached hydrogen (secondary N) is 1. The first-order valence-electron chi connectivity index (χ1n) is 4.63. The van der Waals surface area contributed by atoms with E-state index in [-0.39, 0.29) is 29.3 Å². The maximum Gasteiger partial charge on any atom is 0.253 e. The second kappa shape index (κ2) is 3.99. The van der Waals surface area contributed by atoms with Gasteiger partial charge >= 0.3 is 0 Å². The summed E-state index contributed by atoms with van der Waals surface area (Å²) in [6, 6.07) is 1.14. The molecule has 0 bridgehead atoms. The van der Waals surface area contributed by atoms with Crippen LogP contribution in [-0.2, 0) is 4.79 Å². The predicted molar refractivity (Wildman–Crippen MR) is 59.2 cm³/mol. The van der Waals surface area contributed by atoms with Crippen molar-refractivity contribution in [1.29, 1.82) is 0 Å². The second-order valence-corrected chi connectivity index (χ2v) is 3.85. The van der Waals surface area contributed by atoms with Gasteiger partial charge in [0.25, 0.3) is 5.56 Å². The zero-order chi connectivity index (χ0) is 11.7. The molecule has 1 fully saturated rings. The molecule has 0 saturated carbocycles. The molecule has 1 N–H and O–H groups in total. The van der Waals surface area contributed by atoms with E-state index < -0.39 is 5.56 Å². The van der Waals surface area contributed by atoms with Crippen LogP contribution >= 0.6 is 11.6 Å². The summed E-state index contributed by atoms with van der Waals surface area (Å²) in [7, 11) is 0. The highest BCUT2D eigenvalue weighted by molar-refractivity contribution is 6.29. The molecule has 1 amide bonds. The fraction of sp³-hybridized carbons (Fsp3) is 0.300. The number of H-pyrrole nitrogens is 1. The number of amides is 1. The van der Waals surface area contributed by atoms with E-state index in [9.17, 15) is 9.59 Å². The molecule has 2 heterocycles. The Hall–Kier alpha value is -1.80. The molecule has 5 nitrogen and oxygen atoms in total. The van der Waals surface area contributed by atoms with Crippen LogP contribution in [0.5, 0.6) is 0 Å². The van der Waals surface area contributed by atoms with E-state index in [1.54, 1.807) is 0 Å². The third-order valence-corrected chi connectivity index (χ3v) is 2.51. The number of nitrogens with zero attached hydrogens (tertiary/aromatic N) is 2. The number of terminal acetylenes is 1. The second-order valence-electron chi connectivity index (χ2n) is 3.46. The summed E-state index contributed by atoms with van der Waals surface area (Å²) in [5, 5.41) is 0.0516. The average Bonchev–Trinajstić information content (AvgIpc) is 2.58. The van der Waals surface area contributed by atoms with Gasteiger partial charge in [-0.3, -0.25) is 19.5 Å². The number of rotatable bonds is 1. The molecule has 1 atom stereocenters. The van der Waals surface area contributed by atoms with Crippen molar-refractivity contribution < 1.29 is 4.79 Å². The summed E-state index contributed by atoms with van der Waals surface area (Å²) < 4.78 is 0. The van der Waals surface area contributed by atoms with Gasteiger partial charge < -0.3 is 0 Å². The molecule has 1 aliphatic heterocycles. The Labute approximate surface area is 96.4 Å². The summed E-state index contributed by atoms with van der Waals surface area (Å²) in [4.78, 5) is 30.4. The van der Waals surface area contributed by atoms with Gasteiger partial charge in [-0.25, -0.2) is 4.98 Å². The molecule has 2 rings (SSSR count). The van der Waals surface area contributed by atoms with Gasteiger partial charge in [0.1, 0.15) is 5.15 Å². The van der Waals surface area contributed by atoms with Gasteiger partial charge in [0.15, 0.2) is 0 Å². The van der Waals surface area contributed by atoms with Gasteiger partial charge in [0.05, 0.1) is 0 Å². The molecule has 82 valence electrons. The van der Waals surface area contributed by atoms with Crippen LogP contribution in [0.1, 0.15) is 6.42 Å². The lowest BCUT2D eigenvalue weighted by Gasteiger charge is -2.13. The number of carbonyl (C=O) groups excluding carboxylic acids is 1. The lowest BCUT2D eigenvalue weighted by Crippen LogP contribution is -2.28. The Morgan fingerprint density at radius 1 is 1.62 bits per heavy atom. The SMILES string of the molecule is C#CC1CC(=O)N(c2nc(Cl)cc(=O)[nH]2)C1. The summed E-state index contributed by atoms with van der Waals surface area (Å²) in [5.74, 6) is 2.36. The summed E-state index contributed by atoms with van der Waals surface area (Å²) in [6.45, 7) is 0.360. The van der Waals surface area contributed by atoms with Gasteiger partial charge in [-0.1, -0.05) is 11.6 Å². The molecule has 1 unspecified atom stereocenters. The minimum atomic E-state index is -0.396. The largest absolute Gasteiger partial charge is 0.292 e. The fourth-order valence-electron chi connectivity index (χ4n) is 1.57. The standard InChI is InChI=1S/C10H8ClN3O2/c1-2-6-3-9(16)14(5-6)10-12-7(11)4-8(15)13-10/h1,4,6H,3,5H2,(H,12,13,15). The quantitative estimate of drug-likeness (QED) is 0.568. The molecule has 16 heavy (non-hydrogen) atoms.